The average molecular weight is 390 g/mol. The van der Waals surface area contributed by atoms with E-state index in [1.54, 1.807) is 0 Å². The molecule has 7 heteroatoms. The molecule has 5 rings (SSSR count). The number of aryl methyl sites for hydroxylation is 1. The fraction of sp³-hybridized carbons (Fsp3) is 0.455. The van der Waals surface area contributed by atoms with Gasteiger partial charge in [0.15, 0.2) is 0 Å². The fourth-order valence-electron chi connectivity index (χ4n) is 4.54. The number of piperidine rings is 1. The van der Waals surface area contributed by atoms with Gasteiger partial charge in [-0.2, -0.15) is 5.10 Å². The lowest BCUT2D eigenvalue weighted by atomic mass is 9.94. The summed E-state index contributed by atoms with van der Waals surface area (Å²) in [6.07, 6.45) is 6.37. The van der Waals surface area contributed by atoms with Gasteiger partial charge in [0, 0.05) is 30.3 Å². The van der Waals surface area contributed by atoms with E-state index >= 15 is 0 Å². The second-order valence-electron chi connectivity index (χ2n) is 8.10. The highest BCUT2D eigenvalue weighted by molar-refractivity contribution is 5.76. The number of rotatable bonds is 4. The molecule has 7 nitrogen and oxygen atoms in total. The summed E-state index contributed by atoms with van der Waals surface area (Å²) in [7, 11) is 0. The van der Waals surface area contributed by atoms with Crippen LogP contribution >= 0.6 is 0 Å². The number of hydrogen-bond donors (Lipinski definition) is 1. The number of fused-ring (bicyclic) bond motifs is 1. The Morgan fingerprint density at radius 1 is 1.14 bits per heavy atom. The predicted octanol–water partition coefficient (Wildman–Crippen LogP) is 2.95. The first-order valence-electron chi connectivity index (χ1n) is 10.6. The molecule has 2 aromatic heterocycles. The summed E-state index contributed by atoms with van der Waals surface area (Å²) in [5, 5.41) is 16.2. The molecule has 150 valence electrons. The van der Waals surface area contributed by atoms with Crippen LogP contribution in [0.3, 0.4) is 0 Å². The number of benzene rings is 1. The van der Waals surface area contributed by atoms with E-state index in [4.69, 9.17) is 0 Å². The van der Waals surface area contributed by atoms with Crippen molar-refractivity contribution in [2.75, 3.05) is 13.1 Å². The second-order valence-corrected chi connectivity index (χ2v) is 8.10. The molecule has 29 heavy (non-hydrogen) atoms. The second kappa shape index (κ2) is 7.81. The zero-order valence-electron chi connectivity index (χ0n) is 16.5. The largest absolute Gasteiger partial charge is 0.340 e. The maximum absolute atomic E-state index is 13.0. The molecule has 1 amide bonds. The van der Waals surface area contributed by atoms with Crippen LogP contribution in [0.4, 0.5) is 0 Å². The van der Waals surface area contributed by atoms with E-state index in [2.05, 4.69) is 38.7 Å². The van der Waals surface area contributed by atoms with Crippen LogP contribution in [-0.2, 0) is 24.2 Å². The van der Waals surface area contributed by atoms with Crippen LogP contribution in [0.1, 0.15) is 48.7 Å². The SMILES string of the molecule is O=C(Cn1nnc2c1CCCC2)N1CCCC(c2cc(-c3ccccc3)n[nH]2)C1. The van der Waals surface area contributed by atoms with E-state index in [9.17, 15) is 4.79 Å². The molecule has 3 heterocycles. The molecule has 2 aliphatic rings. The van der Waals surface area contributed by atoms with Gasteiger partial charge >= 0.3 is 0 Å². The lowest BCUT2D eigenvalue weighted by molar-refractivity contribution is -0.133. The summed E-state index contributed by atoms with van der Waals surface area (Å²) in [5.41, 5.74) is 5.40. The lowest BCUT2D eigenvalue weighted by Gasteiger charge is -2.32. The van der Waals surface area contributed by atoms with E-state index in [0.29, 0.717) is 12.5 Å². The highest BCUT2D eigenvalue weighted by Gasteiger charge is 2.27. The van der Waals surface area contributed by atoms with Gasteiger partial charge in [0.25, 0.3) is 0 Å². The number of carbonyl (C=O) groups is 1. The lowest BCUT2D eigenvalue weighted by Crippen LogP contribution is -2.41. The highest BCUT2D eigenvalue weighted by Crippen LogP contribution is 2.28. The van der Waals surface area contributed by atoms with Crippen molar-refractivity contribution in [2.45, 2.75) is 51.0 Å². The van der Waals surface area contributed by atoms with E-state index in [1.165, 1.54) is 6.42 Å². The molecule has 1 atom stereocenters. The Balaban J connectivity index is 1.27. The molecule has 1 fully saturated rings. The van der Waals surface area contributed by atoms with Crippen molar-refractivity contribution in [1.82, 2.24) is 30.1 Å². The van der Waals surface area contributed by atoms with Gasteiger partial charge in [-0.1, -0.05) is 35.5 Å². The highest BCUT2D eigenvalue weighted by atomic mass is 16.2. The van der Waals surface area contributed by atoms with E-state index in [0.717, 1.165) is 73.5 Å². The van der Waals surface area contributed by atoms with Crippen molar-refractivity contribution >= 4 is 5.91 Å². The van der Waals surface area contributed by atoms with Crippen LogP contribution in [0.25, 0.3) is 11.3 Å². The van der Waals surface area contributed by atoms with Crippen LogP contribution in [0.15, 0.2) is 36.4 Å². The molecular weight excluding hydrogens is 364 g/mol. The monoisotopic (exact) mass is 390 g/mol. The van der Waals surface area contributed by atoms with Crippen LogP contribution in [0.2, 0.25) is 0 Å². The van der Waals surface area contributed by atoms with Crippen molar-refractivity contribution in [1.29, 1.82) is 0 Å². The molecule has 1 saturated heterocycles. The van der Waals surface area contributed by atoms with Crippen molar-refractivity contribution in [3.05, 3.63) is 53.5 Å². The number of likely N-dealkylation sites (tertiary alicyclic amines) is 1. The Labute approximate surface area is 170 Å². The molecule has 1 aliphatic carbocycles. The van der Waals surface area contributed by atoms with Crippen molar-refractivity contribution in [2.24, 2.45) is 0 Å². The number of aromatic amines is 1. The zero-order valence-corrected chi connectivity index (χ0v) is 16.5. The first kappa shape index (κ1) is 18.1. The third-order valence-corrected chi connectivity index (χ3v) is 6.16. The Morgan fingerprint density at radius 3 is 2.90 bits per heavy atom. The Bertz CT molecular complexity index is 992. The quantitative estimate of drug-likeness (QED) is 0.743. The van der Waals surface area contributed by atoms with Gasteiger partial charge in [-0.05, 0) is 44.6 Å². The van der Waals surface area contributed by atoms with Gasteiger partial charge < -0.3 is 4.90 Å². The molecule has 1 N–H and O–H groups in total. The third kappa shape index (κ3) is 3.69. The smallest absolute Gasteiger partial charge is 0.244 e. The third-order valence-electron chi connectivity index (χ3n) is 6.16. The maximum atomic E-state index is 13.0. The van der Waals surface area contributed by atoms with Gasteiger partial charge in [0.1, 0.15) is 6.54 Å². The first-order chi connectivity index (χ1) is 14.3. The van der Waals surface area contributed by atoms with E-state index in [-0.39, 0.29) is 5.91 Å². The normalized spacial score (nSPS) is 19.2. The molecule has 3 aromatic rings. The minimum Gasteiger partial charge on any atom is -0.340 e. The van der Waals surface area contributed by atoms with Crippen molar-refractivity contribution in [3.63, 3.8) is 0 Å². The summed E-state index contributed by atoms with van der Waals surface area (Å²) >= 11 is 0. The molecule has 0 spiro atoms. The number of carbonyl (C=O) groups excluding carboxylic acids is 1. The maximum Gasteiger partial charge on any atom is 0.244 e. The Hall–Kier alpha value is -2.96. The van der Waals surface area contributed by atoms with Gasteiger partial charge in [0.05, 0.1) is 17.1 Å². The summed E-state index contributed by atoms with van der Waals surface area (Å²) in [6, 6.07) is 12.3. The van der Waals surface area contributed by atoms with Gasteiger partial charge in [-0.25, -0.2) is 4.68 Å². The van der Waals surface area contributed by atoms with Crippen LogP contribution in [0, 0.1) is 0 Å². The molecule has 1 unspecified atom stereocenters. The summed E-state index contributed by atoms with van der Waals surface area (Å²) in [5.74, 6) is 0.429. The number of aromatic nitrogens is 5. The fourth-order valence-corrected chi connectivity index (χ4v) is 4.54. The molecule has 0 bridgehead atoms. The number of amides is 1. The molecule has 1 aliphatic heterocycles. The minimum atomic E-state index is 0.135. The van der Waals surface area contributed by atoms with Crippen LogP contribution in [0.5, 0.6) is 0 Å². The summed E-state index contributed by atoms with van der Waals surface area (Å²) < 4.78 is 1.82. The molecular formula is C22H26N6O. The van der Waals surface area contributed by atoms with Gasteiger partial charge in [-0.3, -0.25) is 9.89 Å². The first-order valence-corrected chi connectivity index (χ1v) is 10.6. The summed E-state index contributed by atoms with van der Waals surface area (Å²) in [4.78, 5) is 14.9. The van der Waals surface area contributed by atoms with Crippen LogP contribution < -0.4 is 0 Å². The number of H-pyrrole nitrogens is 1. The minimum absolute atomic E-state index is 0.135. The van der Waals surface area contributed by atoms with E-state index in [1.807, 2.05) is 27.8 Å². The predicted molar refractivity (Wildman–Crippen MR) is 109 cm³/mol. The number of nitrogens with zero attached hydrogens (tertiary/aromatic N) is 5. The number of hydrogen-bond acceptors (Lipinski definition) is 4. The van der Waals surface area contributed by atoms with Gasteiger partial charge in [0.2, 0.25) is 5.91 Å². The number of nitrogens with one attached hydrogen (secondary N) is 1. The molecule has 0 saturated carbocycles. The average Bonchev–Trinajstić information content (AvgIpc) is 3.43. The Morgan fingerprint density at radius 2 is 2.00 bits per heavy atom. The van der Waals surface area contributed by atoms with E-state index < -0.39 is 0 Å². The topological polar surface area (TPSA) is 79.7 Å². The standard InChI is InChI=1S/C22H26N6O/c29-22(15-28-21-11-5-4-10-18(21)25-26-28)27-12-6-9-17(14-27)20-13-19(23-24-20)16-7-2-1-3-8-16/h1-3,7-8,13,17H,4-6,9-12,14-15H2,(H,23,24). The Kier molecular flexibility index (Phi) is 4.87. The molecule has 0 radical (unpaired) electrons. The summed E-state index contributed by atoms with van der Waals surface area (Å²) in [6.45, 7) is 1.84. The van der Waals surface area contributed by atoms with Crippen LogP contribution in [-0.4, -0.2) is 49.1 Å². The van der Waals surface area contributed by atoms with Crippen molar-refractivity contribution in [3.8, 4) is 11.3 Å². The van der Waals surface area contributed by atoms with Crippen molar-refractivity contribution < 1.29 is 4.79 Å². The zero-order chi connectivity index (χ0) is 19.6. The van der Waals surface area contributed by atoms with Gasteiger partial charge in [-0.15, -0.1) is 5.10 Å². The molecule has 1 aromatic carbocycles.